The van der Waals surface area contributed by atoms with E-state index in [1.54, 1.807) is 0 Å². The third-order valence-corrected chi connectivity index (χ3v) is 2.06. The molecule has 0 aliphatic heterocycles. The largest absolute Gasteiger partial charge is 0.493 e. The van der Waals surface area contributed by atoms with Gasteiger partial charge in [0.2, 0.25) is 0 Å². The first-order chi connectivity index (χ1) is 7.61. The van der Waals surface area contributed by atoms with Crippen molar-refractivity contribution in [1.29, 1.82) is 0 Å². The Kier molecular flexibility index (Phi) is 4.52. The van der Waals surface area contributed by atoms with Gasteiger partial charge in [-0.1, -0.05) is 0 Å². The van der Waals surface area contributed by atoms with E-state index in [9.17, 15) is 9.50 Å². The highest BCUT2D eigenvalue weighted by Gasteiger charge is 2.19. The monoisotopic (exact) mass is 230 g/mol. The molecule has 0 amide bonds. The average Bonchev–Trinajstić information content (AvgIpc) is 2.26. The van der Waals surface area contributed by atoms with E-state index in [-0.39, 0.29) is 18.1 Å². The van der Waals surface area contributed by atoms with Gasteiger partial charge in [-0.3, -0.25) is 0 Å². The molecule has 0 heterocycles. The van der Waals surface area contributed by atoms with Crippen molar-refractivity contribution >= 4 is 0 Å². The topological polar surface area (TPSA) is 47.9 Å². The van der Waals surface area contributed by atoms with Gasteiger partial charge in [-0.25, -0.2) is 4.39 Å². The molecule has 4 nitrogen and oxygen atoms in total. The van der Waals surface area contributed by atoms with Crippen LogP contribution in [0.2, 0.25) is 0 Å². The molecule has 0 aliphatic rings. The molecular formula is C11H15FO4. The molecule has 1 rings (SSSR count). The number of aliphatic hydroxyl groups excluding tert-OH is 1. The lowest BCUT2D eigenvalue weighted by Gasteiger charge is -2.16. The average molecular weight is 230 g/mol. The fraction of sp³-hybridized carbons (Fsp3) is 0.455. The number of aliphatic hydroxyl groups is 1. The second-order valence-corrected chi connectivity index (χ2v) is 3.22. The lowest BCUT2D eigenvalue weighted by molar-refractivity contribution is 0.0479. The van der Waals surface area contributed by atoms with Crippen LogP contribution >= 0.6 is 0 Å². The Bertz CT molecular complexity index is 352. The van der Waals surface area contributed by atoms with Crippen LogP contribution in [0, 0.1) is 5.82 Å². The van der Waals surface area contributed by atoms with Crippen LogP contribution in [-0.4, -0.2) is 26.1 Å². The molecule has 1 N–H and O–H groups in total. The van der Waals surface area contributed by atoms with Gasteiger partial charge in [-0.05, 0) is 19.1 Å². The highest BCUT2D eigenvalue weighted by Crippen LogP contribution is 2.36. The molecule has 90 valence electrons. The quantitative estimate of drug-likeness (QED) is 0.784. The molecule has 0 saturated heterocycles. The zero-order chi connectivity index (χ0) is 12.1. The van der Waals surface area contributed by atoms with Crippen molar-refractivity contribution in [3.05, 3.63) is 23.5 Å². The van der Waals surface area contributed by atoms with Gasteiger partial charge in [0.1, 0.15) is 5.75 Å². The second-order valence-electron chi connectivity index (χ2n) is 3.22. The van der Waals surface area contributed by atoms with Crippen LogP contribution in [0.25, 0.3) is 0 Å². The molecule has 1 unspecified atom stereocenters. The van der Waals surface area contributed by atoms with E-state index in [1.807, 2.05) is 0 Å². The maximum absolute atomic E-state index is 13.4. The summed E-state index contributed by atoms with van der Waals surface area (Å²) in [5.74, 6) is -0.207. The van der Waals surface area contributed by atoms with E-state index in [0.29, 0.717) is 5.75 Å². The van der Waals surface area contributed by atoms with Crippen molar-refractivity contribution in [3.63, 3.8) is 0 Å². The molecule has 0 bridgehead atoms. The molecule has 16 heavy (non-hydrogen) atoms. The predicted octanol–water partition coefficient (Wildman–Crippen LogP) is 1.87. The maximum Gasteiger partial charge on any atom is 0.188 e. The maximum atomic E-state index is 13.4. The number of hydrogen-bond acceptors (Lipinski definition) is 4. The summed E-state index contributed by atoms with van der Waals surface area (Å²) in [7, 11) is 2.81. The molecule has 0 saturated carbocycles. The minimum atomic E-state index is -0.891. The first-order valence-electron chi connectivity index (χ1n) is 4.78. The lowest BCUT2D eigenvalue weighted by atomic mass is 10.1. The van der Waals surface area contributed by atoms with Gasteiger partial charge in [-0.15, -0.1) is 0 Å². The number of ether oxygens (including phenoxy) is 3. The minimum absolute atomic E-state index is 0.0106. The summed E-state index contributed by atoms with van der Waals surface area (Å²) in [6, 6.07) is 2.65. The standard InChI is InChI=1S/C11H15FO4/c1-7(13)10-9(16-6-14-2)5-4-8(12)11(10)15-3/h4-5,7,13H,6H2,1-3H3. The SMILES string of the molecule is COCOc1ccc(F)c(OC)c1C(C)O. The van der Waals surface area contributed by atoms with Crippen LogP contribution in [0.4, 0.5) is 4.39 Å². The second kappa shape index (κ2) is 5.67. The van der Waals surface area contributed by atoms with Gasteiger partial charge in [0.25, 0.3) is 0 Å². The van der Waals surface area contributed by atoms with Gasteiger partial charge in [0, 0.05) is 7.11 Å². The van der Waals surface area contributed by atoms with E-state index in [0.717, 1.165) is 0 Å². The molecule has 0 aliphatic carbocycles. The third-order valence-electron chi connectivity index (χ3n) is 2.06. The highest BCUT2D eigenvalue weighted by molar-refractivity contribution is 5.47. The summed E-state index contributed by atoms with van der Waals surface area (Å²) in [4.78, 5) is 0. The Balaban J connectivity index is 3.16. The summed E-state index contributed by atoms with van der Waals surface area (Å²) < 4.78 is 28.3. The fourth-order valence-corrected chi connectivity index (χ4v) is 1.41. The molecule has 0 aromatic heterocycles. The zero-order valence-electron chi connectivity index (χ0n) is 9.49. The molecule has 1 aromatic rings. The first kappa shape index (κ1) is 12.7. The Morgan fingerprint density at radius 1 is 1.38 bits per heavy atom. The van der Waals surface area contributed by atoms with Crippen LogP contribution in [0.1, 0.15) is 18.6 Å². The Morgan fingerprint density at radius 3 is 2.56 bits per heavy atom. The number of hydrogen-bond donors (Lipinski definition) is 1. The number of methoxy groups -OCH3 is 2. The van der Waals surface area contributed by atoms with Crippen molar-refractivity contribution in [3.8, 4) is 11.5 Å². The van der Waals surface area contributed by atoms with Crippen LogP contribution in [0.15, 0.2) is 12.1 Å². The Morgan fingerprint density at radius 2 is 2.06 bits per heavy atom. The summed E-state index contributed by atoms with van der Waals surface area (Å²) in [6.07, 6.45) is -0.891. The van der Waals surface area contributed by atoms with Gasteiger partial charge >= 0.3 is 0 Å². The molecule has 5 heteroatoms. The van der Waals surface area contributed by atoms with Gasteiger partial charge in [-0.2, -0.15) is 0 Å². The molecule has 0 radical (unpaired) electrons. The smallest absolute Gasteiger partial charge is 0.188 e. The summed E-state index contributed by atoms with van der Waals surface area (Å²) in [5, 5.41) is 9.57. The van der Waals surface area contributed by atoms with Crippen molar-refractivity contribution in [1.82, 2.24) is 0 Å². The van der Waals surface area contributed by atoms with Crippen molar-refractivity contribution in [2.24, 2.45) is 0 Å². The summed E-state index contributed by atoms with van der Waals surface area (Å²) in [5.41, 5.74) is 0.277. The van der Waals surface area contributed by atoms with E-state index in [4.69, 9.17) is 14.2 Å². The molecular weight excluding hydrogens is 215 g/mol. The first-order valence-corrected chi connectivity index (χ1v) is 4.78. The van der Waals surface area contributed by atoms with Crippen LogP contribution < -0.4 is 9.47 Å². The fourth-order valence-electron chi connectivity index (χ4n) is 1.41. The number of halogens is 1. The third kappa shape index (κ3) is 2.62. The highest BCUT2D eigenvalue weighted by atomic mass is 19.1. The Hall–Kier alpha value is -1.33. The molecule has 0 spiro atoms. The van der Waals surface area contributed by atoms with E-state index in [1.165, 1.54) is 33.3 Å². The summed E-state index contributed by atoms with van der Waals surface area (Å²) >= 11 is 0. The van der Waals surface area contributed by atoms with E-state index < -0.39 is 11.9 Å². The van der Waals surface area contributed by atoms with Gasteiger partial charge < -0.3 is 19.3 Å². The molecule has 1 atom stereocenters. The zero-order valence-corrected chi connectivity index (χ0v) is 9.49. The molecule has 1 aromatic carbocycles. The van der Waals surface area contributed by atoms with E-state index >= 15 is 0 Å². The normalized spacial score (nSPS) is 12.3. The predicted molar refractivity (Wildman–Crippen MR) is 56.1 cm³/mol. The number of rotatable bonds is 5. The van der Waals surface area contributed by atoms with Crippen LogP contribution in [0.5, 0.6) is 11.5 Å². The minimum Gasteiger partial charge on any atom is -0.493 e. The van der Waals surface area contributed by atoms with Crippen LogP contribution in [-0.2, 0) is 4.74 Å². The molecule has 0 fully saturated rings. The van der Waals surface area contributed by atoms with E-state index in [2.05, 4.69) is 0 Å². The Labute approximate surface area is 93.6 Å². The van der Waals surface area contributed by atoms with Gasteiger partial charge in [0.15, 0.2) is 18.4 Å². The van der Waals surface area contributed by atoms with Gasteiger partial charge in [0.05, 0.1) is 18.8 Å². The van der Waals surface area contributed by atoms with Crippen LogP contribution in [0.3, 0.4) is 0 Å². The van der Waals surface area contributed by atoms with Crippen molar-refractivity contribution in [2.75, 3.05) is 21.0 Å². The van der Waals surface area contributed by atoms with Crippen molar-refractivity contribution in [2.45, 2.75) is 13.0 Å². The number of benzene rings is 1. The summed E-state index contributed by atoms with van der Waals surface area (Å²) in [6.45, 7) is 1.53. The lowest BCUT2D eigenvalue weighted by Crippen LogP contribution is -2.06. The van der Waals surface area contributed by atoms with Crippen molar-refractivity contribution < 1.29 is 23.7 Å².